The van der Waals surface area contributed by atoms with Crippen LogP contribution in [0, 0.1) is 0 Å². The van der Waals surface area contributed by atoms with E-state index in [1.807, 2.05) is 12.1 Å². The van der Waals surface area contributed by atoms with Gasteiger partial charge in [0.1, 0.15) is 0 Å². The minimum atomic E-state index is -0.332. The van der Waals surface area contributed by atoms with Gasteiger partial charge in [-0.3, -0.25) is 4.79 Å². The van der Waals surface area contributed by atoms with Crippen molar-refractivity contribution in [2.45, 2.75) is 11.2 Å². The van der Waals surface area contributed by atoms with Crippen LogP contribution in [0.4, 0.5) is 0 Å². The SMILES string of the molecule is NC(=O)C(Br)Cc1ccc2cc(Br)ccc2c1. The Morgan fingerprint density at radius 3 is 2.53 bits per heavy atom. The van der Waals surface area contributed by atoms with Gasteiger partial charge >= 0.3 is 0 Å². The summed E-state index contributed by atoms with van der Waals surface area (Å²) in [7, 11) is 0. The molecule has 0 aliphatic heterocycles. The van der Waals surface area contributed by atoms with Gasteiger partial charge in [-0.25, -0.2) is 0 Å². The number of carbonyl (C=O) groups is 1. The molecular weight excluding hydrogens is 346 g/mol. The lowest BCUT2D eigenvalue weighted by molar-refractivity contribution is -0.117. The molecule has 0 heterocycles. The number of hydrogen-bond donors (Lipinski definition) is 1. The summed E-state index contributed by atoms with van der Waals surface area (Å²) >= 11 is 6.71. The van der Waals surface area contributed by atoms with Crippen molar-refractivity contribution in [1.82, 2.24) is 0 Å². The Morgan fingerprint density at radius 2 is 1.82 bits per heavy atom. The molecule has 88 valence electrons. The molecule has 0 aliphatic rings. The fourth-order valence-corrected chi connectivity index (χ4v) is 2.45. The van der Waals surface area contributed by atoms with Gasteiger partial charge in [-0.15, -0.1) is 0 Å². The predicted molar refractivity (Wildman–Crippen MR) is 77.3 cm³/mol. The summed E-state index contributed by atoms with van der Waals surface area (Å²) in [5, 5.41) is 2.34. The standard InChI is InChI=1S/C13H11Br2NO/c14-11-4-3-9-5-8(1-2-10(9)7-11)6-12(15)13(16)17/h1-5,7,12H,6H2,(H2,16,17). The first-order valence-corrected chi connectivity index (χ1v) is 6.89. The van der Waals surface area contributed by atoms with Crippen LogP contribution >= 0.6 is 31.9 Å². The molecule has 2 rings (SSSR count). The van der Waals surface area contributed by atoms with Crippen molar-refractivity contribution in [2.24, 2.45) is 5.73 Å². The Labute approximate surface area is 116 Å². The molecule has 0 aromatic heterocycles. The van der Waals surface area contributed by atoms with E-state index in [-0.39, 0.29) is 10.7 Å². The van der Waals surface area contributed by atoms with Crippen molar-refractivity contribution in [3.8, 4) is 0 Å². The van der Waals surface area contributed by atoms with E-state index in [0.717, 1.165) is 15.4 Å². The van der Waals surface area contributed by atoms with Gasteiger partial charge in [-0.1, -0.05) is 56.1 Å². The number of amides is 1. The van der Waals surface area contributed by atoms with Gasteiger partial charge in [-0.2, -0.15) is 0 Å². The highest BCUT2D eigenvalue weighted by Gasteiger charge is 2.11. The summed E-state index contributed by atoms with van der Waals surface area (Å²) in [5.74, 6) is -0.332. The van der Waals surface area contributed by atoms with Gasteiger partial charge in [0, 0.05) is 4.47 Å². The summed E-state index contributed by atoms with van der Waals surface area (Å²) in [6.07, 6.45) is 0.612. The largest absolute Gasteiger partial charge is 0.369 e. The molecule has 1 amide bonds. The summed E-state index contributed by atoms with van der Waals surface area (Å²) < 4.78 is 1.06. The first-order valence-electron chi connectivity index (χ1n) is 5.18. The van der Waals surface area contributed by atoms with Crippen molar-refractivity contribution < 1.29 is 4.79 Å². The number of carbonyl (C=O) groups excluding carboxylic acids is 1. The number of benzene rings is 2. The molecule has 2 aromatic carbocycles. The zero-order chi connectivity index (χ0) is 12.4. The van der Waals surface area contributed by atoms with Gasteiger partial charge in [0.25, 0.3) is 0 Å². The topological polar surface area (TPSA) is 43.1 Å². The smallest absolute Gasteiger partial charge is 0.231 e. The van der Waals surface area contributed by atoms with Gasteiger partial charge in [0.05, 0.1) is 4.83 Å². The van der Waals surface area contributed by atoms with E-state index in [2.05, 4.69) is 56.1 Å². The number of nitrogens with two attached hydrogens (primary N) is 1. The molecule has 0 saturated carbocycles. The quantitative estimate of drug-likeness (QED) is 0.841. The average Bonchev–Trinajstić information content (AvgIpc) is 2.29. The minimum Gasteiger partial charge on any atom is -0.369 e. The van der Waals surface area contributed by atoms with E-state index < -0.39 is 0 Å². The molecule has 0 radical (unpaired) electrons. The second-order valence-corrected chi connectivity index (χ2v) is 5.92. The van der Waals surface area contributed by atoms with Gasteiger partial charge in [0.15, 0.2) is 0 Å². The fourth-order valence-electron chi connectivity index (χ4n) is 1.70. The fraction of sp³-hybridized carbons (Fsp3) is 0.154. The minimum absolute atomic E-state index is 0.310. The van der Waals surface area contributed by atoms with Crippen LogP contribution in [0.2, 0.25) is 0 Å². The van der Waals surface area contributed by atoms with E-state index in [1.165, 1.54) is 5.39 Å². The first kappa shape index (κ1) is 12.6. The lowest BCUT2D eigenvalue weighted by Crippen LogP contribution is -2.24. The highest BCUT2D eigenvalue weighted by atomic mass is 79.9. The molecule has 1 unspecified atom stereocenters. The van der Waals surface area contributed by atoms with Gasteiger partial charge in [0.2, 0.25) is 5.91 Å². The number of rotatable bonds is 3. The molecule has 17 heavy (non-hydrogen) atoms. The zero-order valence-electron chi connectivity index (χ0n) is 8.99. The molecule has 4 heteroatoms. The number of halogens is 2. The Bertz CT molecular complexity index is 568. The monoisotopic (exact) mass is 355 g/mol. The van der Waals surface area contributed by atoms with Crippen LogP contribution < -0.4 is 5.73 Å². The molecule has 1 atom stereocenters. The van der Waals surface area contributed by atoms with E-state index >= 15 is 0 Å². The van der Waals surface area contributed by atoms with E-state index in [9.17, 15) is 4.79 Å². The van der Waals surface area contributed by atoms with Crippen LogP contribution in [-0.4, -0.2) is 10.7 Å². The maximum atomic E-state index is 11.0. The second kappa shape index (κ2) is 5.19. The third-order valence-corrected chi connectivity index (χ3v) is 3.86. The van der Waals surface area contributed by atoms with E-state index in [4.69, 9.17) is 5.73 Å². The van der Waals surface area contributed by atoms with Crippen LogP contribution in [0.25, 0.3) is 10.8 Å². The lowest BCUT2D eigenvalue weighted by Gasteiger charge is -2.07. The van der Waals surface area contributed by atoms with Crippen molar-refractivity contribution in [3.05, 3.63) is 46.4 Å². The third-order valence-electron chi connectivity index (χ3n) is 2.59. The first-order chi connectivity index (χ1) is 8.06. The van der Waals surface area contributed by atoms with Gasteiger partial charge in [-0.05, 0) is 34.9 Å². The van der Waals surface area contributed by atoms with E-state index in [0.29, 0.717) is 6.42 Å². The molecule has 0 fully saturated rings. The van der Waals surface area contributed by atoms with Crippen molar-refractivity contribution in [3.63, 3.8) is 0 Å². The van der Waals surface area contributed by atoms with E-state index in [1.54, 1.807) is 0 Å². The summed E-state index contributed by atoms with van der Waals surface area (Å²) in [4.78, 5) is 10.7. The second-order valence-electron chi connectivity index (χ2n) is 3.90. The molecule has 2 nitrogen and oxygen atoms in total. The van der Waals surface area contributed by atoms with Crippen LogP contribution in [-0.2, 0) is 11.2 Å². The lowest BCUT2D eigenvalue weighted by atomic mass is 10.0. The zero-order valence-corrected chi connectivity index (χ0v) is 12.2. The molecule has 0 spiro atoms. The molecule has 0 bridgehead atoms. The molecular formula is C13H11Br2NO. The number of primary amides is 1. The Balaban J connectivity index is 2.32. The van der Waals surface area contributed by atoms with Crippen LogP contribution in [0.5, 0.6) is 0 Å². The maximum absolute atomic E-state index is 11.0. The van der Waals surface area contributed by atoms with Crippen molar-refractivity contribution in [1.29, 1.82) is 0 Å². The third kappa shape index (κ3) is 3.07. The summed E-state index contributed by atoms with van der Waals surface area (Å²) in [6, 6.07) is 12.3. The van der Waals surface area contributed by atoms with Crippen molar-refractivity contribution in [2.75, 3.05) is 0 Å². The highest BCUT2D eigenvalue weighted by Crippen LogP contribution is 2.22. The molecule has 0 saturated heterocycles. The highest BCUT2D eigenvalue weighted by molar-refractivity contribution is 9.10. The van der Waals surface area contributed by atoms with Crippen LogP contribution in [0.1, 0.15) is 5.56 Å². The predicted octanol–water partition coefficient (Wildman–Crippen LogP) is 3.39. The van der Waals surface area contributed by atoms with Crippen LogP contribution in [0.3, 0.4) is 0 Å². The Kier molecular flexibility index (Phi) is 3.84. The van der Waals surface area contributed by atoms with Gasteiger partial charge < -0.3 is 5.73 Å². The normalized spacial score (nSPS) is 12.6. The Hall–Kier alpha value is -0.870. The molecule has 0 aliphatic carbocycles. The molecule has 2 N–H and O–H groups in total. The number of alkyl halides is 1. The van der Waals surface area contributed by atoms with Crippen LogP contribution in [0.15, 0.2) is 40.9 Å². The van der Waals surface area contributed by atoms with Crippen molar-refractivity contribution >= 4 is 48.5 Å². The maximum Gasteiger partial charge on any atom is 0.231 e. The number of fused-ring (bicyclic) bond motifs is 1. The summed E-state index contributed by atoms with van der Waals surface area (Å²) in [6.45, 7) is 0. The Morgan fingerprint density at radius 1 is 1.18 bits per heavy atom. The summed E-state index contributed by atoms with van der Waals surface area (Å²) in [5.41, 5.74) is 6.32. The number of hydrogen-bond acceptors (Lipinski definition) is 1. The average molecular weight is 357 g/mol. The molecule has 2 aromatic rings.